The molecule has 0 atom stereocenters. The van der Waals surface area contributed by atoms with Crippen LogP contribution < -0.4 is 5.32 Å². The molecule has 3 rings (SSSR count). The summed E-state index contributed by atoms with van der Waals surface area (Å²) in [5.74, 6) is -0.0428. The smallest absolute Gasteiger partial charge is 0.251 e. The molecule has 0 unspecified atom stereocenters. The van der Waals surface area contributed by atoms with Crippen LogP contribution in [0.15, 0.2) is 47.4 Å². The number of carbonyl (C=O) groups excluding carboxylic acids is 1. The minimum absolute atomic E-state index is 0.0428. The van der Waals surface area contributed by atoms with Crippen LogP contribution in [-0.2, 0) is 4.79 Å². The monoisotopic (exact) mass is 296 g/mol. The maximum atomic E-state index is 12.3. The maximum Gasteiger partial charge on any atom is 0.251 e. The van der Waals surface area contributed by atoms with Crippen LogP contribution in [-0.4, -0.2) is 10.9 Å². The van der Waals surface area contributed by atoms with Gasteiger partial charge in [-0.1, -0.05) is 18.2 Å². The van der Waals surface area contributed by atoms with Crippen LogP contribution in [0.1, 0.15) is 22.7 Å². The first kappa shape index (κ1) is 13.8. The third kappa shape index (κ3) is 3.11. The lowest BCUT2D eigenvalue weighted by Crippen LogP contribution is -2.13. The zero-order valence-electron chi connectivity index (χ0n) is 12.0. The zero-order chi connectivity index (χ0) is 14.8. The van der Waals surface area contributed by atoms with Gasteiger partial charge in [-0.15, -0.1) is 11.3 Å². The number of rotatable bonds is 3. The van der Waals surface area contributed by atoms with E-state index in [0.717, 1.165) is 33.1 Å². The second-order valence-corrected chi connectivity index (χ2v) is 6.17. The average Bonchev–Trinajstić information content (AvgIpc) is 3.07. The predicted molar refractivity (Wildman–Crippen MR) is 87.3 cm³/mol. The van der Waals surface area contributed by atoms with Gasteiger partial charge in [0.1, 0.15) is 0 Å². The lowest BCUT2D eigenvalue weighted by molar-refractivity contribution is -0.112. The second kappa shape index (κ2) is 5.66. The number of aromatic nitrogens is 1. The summed E-state index contributed by atoms with van der Waals surface area (Å²) in [7, 11) is 0. The maximum absolute atomic E-state index is 12.3. The molecule has 0 aliphatic heterocycles. The van der Waals surface area contributed by atoms with Gasteiger partial charge in [-0.2, -0.15) is 0 Å². The summed E-state index contributed by atoms with van der Waals surface area (Å²) in [6.45, 7) is 3.99. The highest BCUT2D eigenvalue weighted by Gasteiger charge is 2.16. The van der Waals surface area contributed by atoms with Crippen molar-refractivity contribution in [3.05, 3.63) is 63.6 Å². The number of carbonyl (C=O) groups is 1. The molecule has 3 nitrogen and oxygen atoms in total. The first-order valence-electron chi connectivity index (χ1n) is 6.83. The number of benzene rings is 1. The molecule has 21 heavy (non-hydrogen) atoms. The largest absolute Gasteiger partial charge is 0.322 e. The zero-order valence-corrected chi connectivity index (χ0v) is 12.8. The van der Waals surface area contributed by atoms with Gasteiger partial charge in [-0.05, 0) is 49.6 Å². The Hall–Kier alpha value is -2.20. The summed E-state index contributed by atoms with van der Waals surface area (Å²) in [5.41, 5.74) is 4.73. The van der Waals surface area contributed by atoms with Crippen molar-refractivity contribution < 1.29 is 4.79 Å². The predicted octanol–water partition coefficient (Wildman–Crippen LogP) is 4.11. The first-order chi connectivity index (χ1) is 10.1. The van der Waals surface area contributed by atoms with E-state index in [1.807, 2.05) is 49.6 Å². The molecule has 4 heteroatoms. The quantitative estimate of drug-likeness (QED) is 0.926. The van der Waals surface area contributed by atoms with Gasteiger partial charge in [0.05, 0.1) is 10.7 Å². The molecule has 0 bridgehead atoms. The number of anilines is 1. The Labute approximate surface area is 128 Å². The Bertz CT molecular complexity index is 756. The molecule has 0 fully saturated rings. The van der Waals surface area contributed by atoms with Crippen molar-refractivity contribution in [1.29, 1.82) is 0 Å². The van der Waals surface area contributed by atoms with Gasteiger partial charge in [0.25, 0.3) is 5.91 Å². The van der Waals surface area contributed by atoms with E-state index in [-0.39, 0.29) is 5.91 Å². The number of amides is 1. The Balaban J connectivity index is 1.72. The van der Waals surface area contributed by atoms with Crippen LogP contribution in [0.2, 0.25) is 0 Å². The van der Waals surface area contributed by atoms with E-state index < -0.39 is 0 Å². The summed E-state index contributed by atoms with van der Waals surface area (Å²) in [6.07, 6.45) is 4.64. The fourth-order valence-corrected chi connectivity index (χ4v) is 2.91. The van der Waals surface area contributed by atoms with Crippen molar-refractivity contribution in [2.24, 2.45) is 0 Å². The van der Waals surface area contributed by atoms with Crippen LogP contribution >= 0.6 is 11.3 Å². The van der Waals surface area contributed by atoms with Crippen LogP contribution in [0.4, 0.5) is 5.69 Å². The molecule has 0 spiro atoms. The molecule has 1 aliphatic rings. The molecule has 1 aliphatic carbocycles. The molecule has 1 aromatic carbocycles. The number of nitrogens with zero attached hydrogens (tertiary/aromatic N) is 1. The van der Waals surface area contributed by atoms with Crippen LogP contribution in [0.25, 0.3) is 5.57 Å². The van der Waals surface area contributed by atoms with Gasteiger partial charge in [0.2, 0.25) is 0 Å². The number of nitrogens with one attached hydrogen (secondary N) is 1. The molecule has 1 heterocycles. The lowest BCUT2D eigenvalue weighted by Gasteiger charge is -2.06. The third-order valence-corrected chi connectivity index (χ3v) is 4.13. The molecular weight excluding hydrogens is 280 g/mol. The van der Waals surface area contributed by atoms with E-state index in [1.54, 1.807) is 11.3 Å². The minimum atomic E-state index is -0.0428. The van der Waals surface area contributed by atoms with E-state index in [1.165, 1.54) is 0 Å². The van der Waals surface area contributed by atoms with Gasteiger partial charge in [0.15, 0.2) is 0 Å². The minimum Gasteiger partial charge on any atom is -0.322 e. The lowest BCUT2D eigenvalue weighted by atomic mass is 10.2. The van der Waals surface area contributed by atoms with Gasteiger partial charge >= 0.3 is 0 Å². The molecule has 1 amide bonds. The first-order valence-corrected chi connectivity index (χ1v) is 7.71. The van der Waals surface area contributed by atoms with E-state index in [2.05, 4.69) is 16.4 Å². The summed E-state index contributed by atoms with van der Waals surface area (Å²) < 4.78 is 0. The molecule has 0 saturated heterocycles. The molecule has 0 saturated carbocycles. The number of thiazole rings is 1. The Morgan fingerprint density at radius 1 is 1.33 bits per heavy atom. The van der Waals surface area contributed by atoms with Crippen molar-refractivity contribution in [3.8, 4) is 0 Å². The van der Waals surface area contributed by atoms with Crippen molar-refractivity contribution in [3.63, 3.8) is 0 Å². The molecule has 2 aromatic rings. The van der Waals surface area contributed by atoms with E-state index in [9.17, 15) is 4.79 Å². The van der Waals surface area contributed by atoms with E-state index >= 15 is 0 Å². The van der Waals surface area contributed by atoms with Crippen LogP contribution in [0.5, 0.6) is 0 Å². The van der Waals surface area contributed by atoms with Crippen molar-refractivity contribution in [2.75, 3.05) is 5.32 Å². The van der Waals surface area contributed by atoms with E-state index in [4.69, 9.17) is 0 Å². The van der Waals surface area contributed by atoms with Gasteiger partial charge in [-0.3, -0.25) is 4.79 Å². The van der Waals surface area contributed by atoms with Crippen molar-refractivity contribution >= 4 is 28.5 Å². The molecule has 106 valence electrons. The number of hydrogen-bond donors (Lipinski definition) is 1. The number of aryl methyl sites for hydroxylation is 2. The Morgan fingerprint density at radius 3 is 2.90 bits per heavy atom. The highest BCUT2D eigenvalue weighted by molar-refractivity contribution is 7.09. The summed E-state index contributed by atoms with van der Waals surface area (Å²) >= 11 is 1.62. The fraction of sp³-hybridized carbons (Fsp3) is 0.176. The fourth-order valence-electron chi connectivity index (χ4n) is 2.29. The van der Waals surface area contributed by atoms with E-state index in [0.29, 0.717) is 6.42 Å². The Morgan fingerprint density at radius 2 is 2.19 bits per heavy atom. The highest BCUT2D eigenvalue weighted by atomic mass is 32.1. The van der Waals surface area contributed by atoms with Crippen LogP contribution in [0, 0.1) is 13.8 Å². The summed E-state index contributed by atoms with van der Waals surface area (Å²) in [6, 6.07) is 7.81. The number of allylic oxidation sites excluding steroid dienone is 3. The molecule has 1 N–H and O–H groups in total. The second-order valence-electron chi connectivity index (χ2n) is 5.11. The van der Waals surface area contributed by atoms with Gasteiger partial charge in [-0.25, -0.2) is 4.98 Å². The Kier molecular flexibility index (Phi) is 3.71. The van der Waals surface area contributed by atoms with Gasteiger partial charge < -0.3 is 5.32 Å². The number of hydrogen-bond acceptors (Lipinski definition) is 3. The molecular formula is C17H16N2OS. The average molecular weight is 296 g/mol. The van der Waals surface area contributed by atoms with Crippen molar-refractivity contribution in [1.82, 2.24) is 4.98 Å². The van der Waals surface area contributed by atoms with Gasteiger partial charge in [0, 0.05) is 16.6 Å². The standard InChI is InChI=1S/C17H16N2OS/c1-11-4-3-5-15(8-11)19-17(20)14-7-6-13(9-14)16-10-21-12(2)18-16/h3-6,8-10H,7H2,1-2H3,(H,19,20). The summed E-state index contributed by atoms with van der Waals surface area (Å²) in [5, 5.41) is 6.01. The SMILES string of the molecule is Cc1cccc(NC(=O)C2=CC(c3csc(C)n3)=CC2)c1. The molecule has 0 radical (unpaired) electrons. The normalized spacial score (nSPS) is 13.8. The highest BCUT2D eigenvalue weighted by Crippen LogP contribution is 2.27. The summed E-state index contributed by atoms with van der Waals surface area (Å²) in [4.78, 5) is 16.7. The topological polar surface area (TPSA) is 42.0 Å². The van der Waals surface area contributed by atoms with Crippen molar-refractivity contribution in [2.45, 2.75) is 20.3 Å². The third-order valence-electron chi connectivity index (χ3n) is 3.35. The van der Waals surface area contributed by atoms with Crippen LogP contribution in [0.3, 0.4) is 0 Å². The molecule has 1 aromatic heterocycles.